The van der Waals surface area contributed by atoms with E-state index in [0.717, 1.165) is 5.82 Å². The average Bonchev–Trinajstić information content (AvgIpc) is 3.41. The van der Waals surface area contributed by atoms with Crippen LogP contribution in [-0.4, -0.2) is 61.2 Å². The number of H-pyrrole nitrogens is 1. The van der Waals surface area contributed by atoms with Crippen LogP contribution in [-0.2, 0) is 0 Å². The van der Waals surface area contributed by atoms with E-state index in [1.807, 2.05) is 26.0 Å². The molecule has 1 aliphatic heterocycles. The Labute approximate surface area is 221 Å². The molecular weight excluding hydrogens is 490 g/mol. The van der Waals surface area contributed by atoms with E-state index in [4.69, 9.17) is 9.47 Å². The number of nitrogens with one attached hydrogen (secondary N) is 1. The molecule has 1 N–H and O–H groups in total. The van der Waals surface area contributed by atoms with Crippen molar-refractivity contribution in [2.24, 2.45) is 0 Å². The normalized spacial score (nSPS) is 13.2. The Hall–Kier alpha value is -4.14. The zero-order valence-electron chi connectivity index (χ0n) is 22.3. The molecule has 1 fully saturated rings. The van der Waals surface area contributed by atoms with Gasteiger partial charge in [-0.15, -0.1) is 0 Å². The van der Waals surface area contributed by atoms with E-state index in [9.17, 15) is 9.18 Å². The third kappa shape index (κ3) is 4.88. The second-order valence-corrected chi connectivity index (χ2v) is 8.66. The molecule has 200 valence electrons. The highest BCUT2D eigenvalue weighted by Gasteiger charge is 2.27. The van der Waals surface area contributed by atoms with Gasteiger partial charge in [0.25, 0.3) is 5.91 Å². The molecule has 0 saturated carbocycles. The summed E-state index contributed by atoms with van der Waals surface area (Å²) in [6.45, 7) is 7.74. The number of piperazine rings is 1. The van der Waals surface area contributed by atoms with Crippen molar-refractivity contribution in [1.82, 2.24) is 14.9 Å². The van der Waals surface area contributed by atoms with Gasteiger partial charge in [-0.2, -0.15) is 0 Å². The van der Waals surface area contributed by atoms with Crippen LogP contribution >= 0.6 is 0 Å². The molecule has 9 heteroatoms. The van der Waals surface area contributed by atoms with Crippen LogP contribution in [0.2, 0.25) is 0 Å². The van der Waals surface area contributed by atoms with Crippen LogP contribution in [0, 0.1) is 18.6 Å². The monoisotopic (exact) mass is 522 g/mol. The van der Waals surface area contributed by atoms with Crippen molar-refractivity contribution in [3.63, 3.8) is 0 Å². The Bertz CT molecular complexity index is 1450. The lowest BCUT2D eigenvalue weighted by Crippen LogP contribution is -2.49. The van der Waals surface area contributed by atoms with Gasteiger partial charge in [0.1, 0.15) is 11.5 Å². The number of aryl methyl sites for hydroxylation is 1. The second kappa shape index (κ2) is 11.5. The number of carbonyl (C=O) groups excluding carboxylic acids is 1. The number of anilines is 1. The highest BCUT2D eigenvalue weighted by atomic mass is 19.1. The number of fused-ring (bicyclic) bond motifs is 1. The van der Waals surface area contributed by atoms with Crippen LogP contribution < -0.4 is 14.4 Å². The number of hydrogen-bond donors (Lipinski definition) is 1. The number of benzene rings is 2. The summed E-state index contributed by atoms with van der Waals surface area (Å²) in [5.41, 5.74) is 1.93. The Balaban J connectivity index is 0.00000164. The van der Waals surface area contributed by atoms with E-state index in [2.05, 4.69) is 14.9 Å². The number of nitrogens with zero attached hydrogens (tertiary/aromatic N) is 3. The molecule has 0 unspecified atom stereocenters. The largest absolute Gasteiger partial charge is 0.493 e. The molecule has 0 spiro atoms. The fraction of sp³-hybridized carbons (Fsp3) is 0.310. The van der Waals surface area contributed by atoms with E-state index >= 15 is 4.39 Å². The quantitative estimate of drug-likeness (QED) is 0.358. The number of amides is 1. The summed E-state index contributed by atoms with van der Waals surface area (Å²) in [6.07, 6.45) is 1.71. The first-order valence-electron chi connectivity index (χ1n) is 12.6. The molecule has 4 aromatic rings. The highest BCUT2D eigenvalue weighted by molar-refractivity contribution is 6.04. The first-order valence-corrected chi connectivity index (χ1v) is 12.6. The minimum Gasteiger partial charge on any atom is -0.493 e. The van der Waals surface area contributed by atoms with Crippen molar-refractivity contribution in [3.8, 4) is 22.6 Å². The molecule has 1 saturated heterocycles. The molecule has 1 amide bonds. The van der Waals surface area contributed by atoms with Crippen molar-refractivity contribution in [2.45, 2.75) is 20.8 Å². The van der Waals surface area contributed by atoms with Gasteiger partial charge in [-0.05, 0) is 48.4 Å². The summed E-state index contributed by atoms with van der Waals surface area (Å²) in [5, 5.41) is 0.488. The lowest BCUT2D eigenvalue weighted by molar-refractivity contribution is 0.0741. The second-order valence-electron chi connectivity index (χ2n) is 8.66. The van der Waals surface area contributed by atoms with Crippen LogP contribution in [0.25, 0.3) is 22.0 Å². The van der Waals surface area contributed by atoms with Gasteiger partial charge in [-0.25, -0.2) is 13.8 Å². The molecule has 0 atom stereocenters. The Morgan fingerprint density at radius 3 is 2.39 bits per heavy atom. The maximum Gasteiger partial charge on any atom is 0.270 e. The molecule has 0 aliphatic carbocycles. The van der Waals surface area contributed by atoms with Crippen molar-refractivity contribution < 1.29 is 23.0 Å². The SMILES string of the molecule is CC.COc1cccnc1N1CCN(C(=O)c2cc3c(-c4cccc(F)c4OC)cc(C)c(F)c3[nH]2)CC1. The minimum atomic E-state index is -0.514. The number of para-hydroxylation sites is 1. The number of methoxy groups -OCH3 is 2. The van der Waals surface area contributed by atoms with Crippen LogP contribution in [0.1, 0.15) is 29.9 Å². The van der Waals surface area contributed by atoms with Crippen LogP contribution in [0.15, 0.2) is 48.7 Å². The molecule has 5 rings (SSSR count). The number of aromatic amines is 1. The molecule has 38 heavy (non-hydrogen) atoms. The van der Waals surface area contributed by atoms with E-state index in [0.29, 0.717) is 54.0 Å². The Kier molecular flexibility index (Phi) is 8.14. The highest BCUT2D eigenvalue weighted by Crippen LogP contribution is 2.39. The Morgan fingerprint density at radius 2 is 1.71 bits per heavy atom. The topological polar surface area (TPSA) is 70.7 Å². The van der Waals surface area contributed by atoms with Crippen LogP contribution in [0.4, 0.5) is 14.6 Å². The number of carbonyl (C=O) groups is 1. The predicted molar refractivity (Wildman–Crippen MR) is 145 cm³/mol. The molecule has 3 heterocycles. The fourth-order valence-electron chi connectivity index (χ4n) is 4.73. The van der Waals surface area contributed by atoms with Crippen molar-refractivity contribution in [3.05, 3.63) is 71.6 Å². The van der Waals surface area contributed by atoms with Crippen LogP contribution in [0.3, 0.4) is 0 Å². The van der Waals surface area contributed by atoms with Crippen LogP contribution in [0.5, 0.6) is 11.5 Å². The summed E-state index contributed by atoms with van der Waals surface area (Å²) in [6, 6.07) is 11.5. The predicted octanol–water partition coefficient (Wildman–Crippen LogP) is 5.82. The van der Waals surface area contributed by atoms with Gasteiger partial charge in [-0.1, -0.05) is 26.0 Å². The fourth-order valence-corrected chi connectivity index (χ4v) is 4.73. The lowest BCUT2D eigenvalue weighted by atomic mass is 9.97. The van der Waals surface area contributed by atoms with Gasteiger partial charge in [0, 0.05) is 43.3 Å². The molecule has 2 aromatic carbocycles. The van der Waals surface area contributed by atoms with Crippen molar-refractivity contribution >= 4 is 22.6 Å². The minimum absolute atomic E-state index is 0.0694. The smallest absolute Gasteiger partial charge is 0.270 e. The summed E-state index contributed by atoms with van der Waals surface area (Å²) in [7, 11) is 2.99. The number of aromatic nitrogens is 2. The maximum absolute atomic E-state index is 15.1. The summed E-state index contributed by atoms with van der Waals surface area (Å²) >= 11 is 0. The summed E-state index contributed by atoms with van der Waals surface area (Å²) < 4.78 is 40.2. The van der Waals surface area contributed by atoms with Gasteiger partial charge in [-0.3, -0.25) is 4.79 Å². The van der Waals surface area contributed by atoms with E-state index in [-0.39, 0.29) is 22.9 Å². The zero-order valence-corrected chi connectivity index (χ0v) is 22.3. The average molecular weight is 523 g/mol. The number of rotatable bonds is 5. The first kappa shape index (κ1) is 26.9. The van der Waals surface area contributed by atoms with E-state index in [1.165, 1.54) is 13.2 Å². The van der Waals surface area contributed by atoms with Crippen molar-refractivity contribution in [2.75, 3.05) is 45.3 Å². The first-order chi connectivity index (χ1) is 18.4. The lowest BCUT2D eigenvalue weighted by Gasteiger charge is -2.35. The molecule has 0 bridgehead atoms. The number of hydrogen-bond acceptors (Lipinski definition) is 5. The number of ether oxygens (including phenoxy) is 2. The van der Waals surface area contributed by atoms with Gasteiger partial charge in [0.15, 0.2) is 23.1 Å². The number of pyridine rings is 1. The van der Waals surface area contributed by atoms with Gasteiger partial charge in [0.05, 0.1) is 19.7 Å². The standard InChI is InChI=1S/C27H26F2N4O3.C2H6/c1-16-14-18(17-6-4-7-20(28)25(17)36-3)19-15-21(31-24(19)23(16)29)27(34)33-12-10-32(11-13-33)26-22(35-2)8-5-9-30-26;1-2/h4-9,14-15,31H,10-13H2,1-3H3;1-2H3. The summed E-state index contributed by atoms with van der Waals surface area (Å²) in [5.74, 6) is 0.297. The van der Waals surface area contributed by atoms with Crippen molar-refractivity contribution in [1.29, 1.82) is 0 Å². The van der Waals surface area contributed by atoms with Gasteiger partial charge >= 0.3 is 0 Å². The van der Waals surface area contributed by atoms with Gasteiger partial charge < -0.3 is 24.3 Å². The molecule has 0 radical (unpaired) electrons. The summed E-state index contributed by atoms with van der Waals surface area (Å²) in [4.78, 5) is 24.6. The third-order valence-electron chi connectivity index (χ3n) is 6.56. The number of halogens is 2. The Morgan fingerprint density at radius 1 is 0.974 bits per heavy atom. The van der Waals surface area contributed by atoms with E-state index in [1.54, 1.807) is 49.4 Å². The molecule has 1 aliphatic rings. The molecule has 7 nitrogen and oxygen atoms in total. The maximum atomic E-state index is 15.1. The van der Waals surface area contributed by atoms with Gasteiger partial charge in [0.2, 0.25) is 0 Å². The molecular formula is C29H32F2N4O3. The zero-order chi connectivity index (χ0) is 27.4. The third-order valence-corrected chi connectivity index (χ3v) is 6.56. The van der Waals surface area contributed by atoms with E-state index < -0.39 is 11.6 Å². The molecule has 2 aromatic heterocycles.